The topological polar surface area (TPSA) is 46.9 Å². The molecule has 1 aromatic rings. The molecule has 4 nitrogen and oxygen atoms in total. The first-order valence-corrected chi connectivity index (χ1v) is 4.43. The van der Waals surface area contributed by atoms with Crippen LogP contribution in [0.15, 0.2) is 17.2 Å². The third-order valence-electron chi connectivity index (χ3n) is 1.94. The SMILES string of the molecule is C#CC(CC)Nc1nccn(C)c1=O. The molecule has 1 aromatic heterocycles. The molecular weight excluding hydrogens is 178 g/mol. The van der Waals surface area contributed by atoms with Crippen molar-refractivity contribution in [1.29, 1.82) is 0 Å². The van der Waals surface area contributed by atoms with Crippen LogP contribution in [0.5, 0.6) is 0 Å². The number of rotatable bonds is 3. The van der Waals surface area contributed by atoms with E-state index in [1.54, 1.807) is 19.4 Å². The summed E-state index contributed by atoms with van der Waals surface area (Å²) in [6.45, 7) is 1.95. The highest BCUT2D eigenvalue weighted by Gasteiger charge is 2.06. The zero-order chi connectivity index (χ0) is 10.6. The highest BCUT2D eigenvalue weighted by atomic mass is 16.1. The summed E-state index contributed by atoms with van der Waals surface area (Å²) < 4.78 is 1.46. The number of anilines is 1. The normalized spacial score (nSPS) is 11.8. The number of nitrogens with zero attached hydrogens (tertiary/aromatic N) is 2. The molecule has 0 aliphatic carbocycles. The fourth-order valence-electron chi connectivity index (χ4n) is 1.02. The summed E-state index contributed by atoms with van der Waals surface area (Å²) in [6, 6.07) is -0.141. The Morgan fingerprint density at radius 3 is 3.07 bits per heavy atom. The number of hydrogen-bond acceptors (Lipinski definition) is 3. The molecule has 1 heterocycles. The molecule has 0 aromatic carbocycles. The van der Waals surface area contributed by atoms with E-state index in [0.717, 1.165) is 6.42 Å². The molecule has 0 amide bonds. The average molecular weight is 191 g/mol. The molecule has 1 atom stereocenters. The number of aromatic nitrogens is 2. The maximum Gasteiger partial charge on any atom is 0.293 e. The third-order valence-corrected chi connectivity index (χ3v) is 1.94. The second-order valence-electron chi connectivity index (χ2n) is 2.96. The van der Waals surface area contributed by atoms with Gasteiger partial charge in [0.05, 0.1) is 6.04 Å². The molecule has 1 N–H and O–H groups in total. The zero-order valence-corrected chi connectivity index (χ0v) is 8.32. The molecule has 14 heavy (non-hydrogen) atoms. The molecule has 1 unspecified atom stereocenters. The van der Waals surface area contributed by atoms with Gasteiger partial charge in [0.2, 0.25) is 0 Å². The molecule has 74 valence electrons. The molecule has 0 aliphatic heterocycles. The van der Waals surface area contributed by atoms with Gasteiger partial charge in [-0.05, 0) is 6.42 Å². The number of nitrogens with one attached hydrogen (secondary N) is 1. The molecule has 0 spiro atoms. The lowest BCUT2D eigenvalue weighted by Crippen LogP contribution is -2.26. The van der Waals surface area contributed by atoms with Crippen molar-refractivity contribution in [3.8, 4) is 12.3 Å². The van der Waals surface area contributed by atoms with Gasteiger partial charge < -0.3 is 9.88 Å². The molecule has 4 heteroatoms. The van der Waals surface area contributed by atoms with Crippen LogP contribution in [0, 0.1) is 12.3 Å². The van der Waals surface area contributed by atoms with Gasteiger partial charge >= 0.3 is 0 Å². The smallest absolute Gasteiger partial charge is 0.293 e. The van der Waals surface area contributed by atoms with Gasteiger partial charge in [-0.2, -0.15) is 0 Å². The second kappa shape index (κ2) is 4.47. The van der Waals surface area contributed by atoms with E-state index < -0.39 is 0 Å². The summed E-state index contributed by atoms with van der Waals surface area (Å²) in [6.07, 6.45) is 9.19. The van der Waals surface area contributed by atoms with Crippen molar-refractivity contribution in [2.75, 3.05) is 5.32 Å². The minimum atomic E-state index is -0.166. The van der Waals surface area contributed by atoms with Crippen molar-refractivity contribution >= 4 is 5.82 Å². The standard InChI is InChI=1S/C10H13N3O/c1-4-8(5-2)12-9-10(14)13(3)7-6-11-9/h1,6-8H,5H2,2-3H3,(H,11,12). The summed E-state index contributed by atoms with van der Waals surface area (Å²) in [7, 11) is 1.67. The van der Waals surface area contributed by atoms with Crippen molar-refractivity contribution in [3.63, 3.8) is 0 Å². The van der Waals surface area contributed by atoms with Crippen LogP contribution in [0.2, 0.25) is 0 Å². The summed E-state index contributed by atoms with van der Waals surface area (Å²) >= 11 is 0. The van der Waals surface area contributed by atoms with Crippen LogP contribution in [0.1, 0.15) is 13.3 Å². The van der Waals surface area contributed by atoms with E-state index in [2.05, 4.69) is 16.2 Å². The Kier molecular flexibility index (Phi) is 3.29. The van der Waals surface area contributed by atoms with Gasteiger partial charge in [-0.15, -0.1) is 6.42 Å². The van der Waals surface area contributed by atoms with Gasteiger partial charge in [-0.3, -0.25) is 4.79 Å². The molecule has 0 aliphatic rings. The fraction of sp³-hybridized carbons (Fsp3) is 0.400. The summed E-state index contributed by atoms with van der Waals surface area (Å²) in [5.41, 5.74) is -0.166. The van der Waals surface area contributed by atoms with Crippen LogP contribution in [-0.2, 0) is 7.05 Å². The van der Waals surface area contributed by atoms with E-state index in [1.807, 2.05) is 6.92 Å². The molecule has 0 radical (unpaired) electrons. The first-order chi connectivity index (χ1) is 6.69. The van der Waals surface area contributed by atoms with Gasteiger partial charge in [0.25, 0.3) is 5.56 Å². The van der Waals surface area contributed by atoms with Gasteiger partial charge in [0.1, 0.15) is 0 Å². The van der Waals surface area contributed by atoms with Crippen LogP contribution in [0.25, 0.3) is 0 Å². The van der Waals surface area contributed by atoms with E-state index in [4.69, 9.17) is 6.42 Å². The average Bonchev–Trinajstić information content (AvgIpc) is 2.20. The maximum absolute atomic E-state index is 11.5. The summed E-state index contributed by atoms with van der Waals surface area (Å²) in [5, 5.41) is 2.91. The lowest BCUT2D eigenvalue weighted by atomic mass is 10.2. The Morgan fingerprint density at radius 2 is 2.50 bits per heavy atom. The molecule has 1 rings (SSSR count). The van der Waals surface area contributed by atoms with Crippen LogP contribution in [0.4, 0.5) is 5.82 Å². The quantitative estimate of drug-likeness (QED) is 0.712. The zero-order valence-electron chi connectivity index (χ0n) is 8.32. The molecule has 0 fully saturated rings. The predicted octanol–water partition coefficient (Wildman–Crippen LogP) is 0.604. The van der Waals surface area contributed by atoms with Crippen LogP contribution < -0.4 is 10.9 Å². The van der Waals surface area contributed by atoms with Crippen molar-refractivity contribution in [2.45, 2.75) is 19.4 Å². The molecule has 0 saturated heterocycles. The second-order valence-corrected chi connectivity index (χ2v) is 2.96. The maximum atomic E-state index is 11.5. The Hall–Kier alpha value is -1.76. The van der Waals surface area contributed by atoms with Crippen LogP contribution in [-0.4, -0.2) is 15.6 Å². The molecule has 0 bridgehead atoms. The monoisotopic (exact) mass is 191 g/mol. The first-order valence-electron chi connectivity index (χ1n) is 4.43. The number of hydrogen-bond donors (Lipinski definition) is 1. The van der Waals surface area contributed by atoms with Crippen molar-refractivity contribution < 1.29 is 0 Å². The Balaban J connectivity index is 2.93. The van der Waals surface area contributed by atoms with E-state index >= 15 is 0 Å². The minimum absolute atomic E-state index is 0.141. The van der Waals surface area contributed by atoms with Gasteiger partial charge in [-0.1, -0.05) is 12.8 Å². The van der Waals surface area contributed by atoms with E-state index in [9.17, 15) is 4.79 Å². The Bertz CT molecular complexity index is 403. The largest absolute Gasteiger partial charge is 0.352 e. The van der Waals surface area contributed by atoms with E-state index in [0.29, 0.717) is 5.82 Å². The Morgan fingerprint density at radius 1 is 1.79 bits per heavy atom. The lowest BCUT2D eigenvalue weighted by Gasteiger charge is -2.10. The first kappa shape index (κ1) is 10.3. The van der Waals surface area contributed by atoms with Gasteiger partial charge in [0.15, 0.2) is 5.82 Å². The highest BCUT2D eigenvalue weighted by Crippen LogP contribution is 1.98. The predicted molar refractivity (Wildman–Crippen MR) is 56.0 cm³/mol. The van der Waals surface area contributed by atoms with Gasteiger partial charge in [0, 0.05) is 19.4 Å². The molecular formula is C10H13N3O. The van der Waals surface area contributed by atoms with Gasteiger partial charge in [-0.25, -0.2) is 4.98 Å². The number of terminal acetylenes is 1. The van der Waals surface area contributed by atoms with Crippen LogP contribution >= 0.6 is 0 Å². The third kappa shape index (κ3) is 2.13. The van der Waals surface area contributed by atoms with E-state index in [-0.39, 0.29) is 11.6 Å². The molecule has 0 saturated carbocycles. The highest BCUT2D eigenvalue weighted by molar-refractivity contribution is 5.34. The summed E-state index contributed by atoms with van der Waals surface area (Å²) in [5.74, 6) is 2.85. The lowest BCUT2D eigenvalue weighted by molar-refractivity contribution is 0.809. The van der Waals surface area contributed by atoms with E-state index in [1.165, 1.54) is 4.57 Å². The fourth-order valence-corrected chi connectivity index (χ4v) is 1.02. The van der Waals surface area contributed by atoms with Crippen molar-refractivity contribution in [1.82, 2.24) is 9.55 Å². The van der Waals surface area contributed by atoms with Crippen molar-refractivity contribution in [3.05, 3.63) is 22.7 Å². The summed E-state index contributed by atoms with van der Waals surface area (Å²) in [4.78, 5) is 15.4. The van der Waals surface area contributed by atoms with Crippen LogP contribution in [0.3, 0.4) is 0 Å². The minimum Gasteiger partial charge on any atom is -0.352 e. The Labute approximate surface area is 83.0 Å². The van der Waals surface area contributed by atoms with Crippen molar-refractivity contribution in [2.24, 2.45) is 7.05 Å². The number of aryl methyl sites for hydroxylation is 1.